The molecular weight excluding hydrogens is 454 g/mol. The van der Waals surface area contributed by atoms with Crippen LogP contribution < -0.4 is 10.5 Å². The van der Waals surface area contributed by atoms with E-state index in [1.54, 1.807) is 44.4 Å². The van der Waals surface area contributed by atoms with Crippen molar-refractivity contribution in [3.05, 3.63) is 71.4 Å². The smallest absolute Gasteiger partial charge is 0.406 e. The zero-order valence-electron chi connectivity index (χ0n) is 18.1. The van der Waals surface area contributed by atoms with E-state index in [9.17, 15) is 22.4 Å². The Hall–Kier alpha value is -4.02. The zero-order chi connectivity index (χ0) is 24.6. The number of aromatic nitrogens is 4. The summed E-state index contributed by atoms with van der Waals surface area (Å²) in [5.41, 5.74) is 8.28. The molecule has 1 atom stereocenters. The molecule has 7 nitrogen and oxygen atoms in total. The molecule has 0 bridgehead atoms. The molecule has 0 aliphatic carbocycles. The first kappa shape index (κ1) is 23.1. The van der Waals surface area contributed by atoms with Crippen LogP contribution in [-0.2, 0) is 0 Å². The molecule has 34 heavy (non-hydrogen) atoms. The first-order valence-electron chi connectivity index (χ1n) is 10.2. The van der Waals surface area contributed by atoms with Crippen LogP contribution in [0.4, 0.5) is 23.5 Å². The third-order valence-electron chi connectivity index (χ3n) is 5.30. The molecule has 3 aromatic heterocycles. The molecule has 0 radical (unpaired) electrons. The molecule has 0 saturated carbocycles. The fraction of sp³-hybridized carbons (Fsp3) is 0.217. The Bertz CT molecular complexity index is 1380. The minimum absolute atomic E-state index is 0.0493. The fourth-order valence-corrected chi connectivity index (χ4v) is 3.65. The van der Waals surface area contributed by atoms with E-state index in [1.165, 1.54) is 4.52 Å². The average molecular weight is 473 g/mol. The Morgan fingerprint density at radius 2 is 1.94 bits per heavy atom. The number of nitrogens with zero attached hydrogens (tertiary/aromatic N) is 4. The number of halogens is 4. The molecule has 1 unspecified atom stereocenters. The minimum atomic E-state index is -4.90. The van der Waals surface area contributed by atoms with Crippen LogP contribution in [0, 0.1) is 12.7 Å². The number of nitrogens with two attached hydrogens (primary N) is 1. The molecule has 4 aromatic rings. The van der Waals surface area contributed by atoms with E-state index in [1.807, 2.05) is 0 Å². The summed E-state index contributed by atoms with van der Waals surface area (Å²) in [5.74, 6) is -2.18. The number of nitrogen functional groups attached to an aromatic ring is 1. The molecule has 0 amide bonds. The molecule has 3 heterocycles. The standard InChI is InChI=1S/C23H19F4N5O2/c1-12(17-10-16(3-4-19(17)24)34-23(25,26)27)7-20(33)18-8-15(11-29-13(18)2)14-5-6-32-21(9-14)30-22(28)31-32/h3-6,8-12H,7H2,1-2H3,(H2,28,31). The Labute approximate surface area is 191 Å². The fourth-order valence-electron chi connectivity index (χ4n) is 3.65. The van der Waals surface area contributed by atoms with Crippen LogP contribution in [0.3, 0.4) is 0 Å². The lowest BCUT2D eigenvalue weighted by Crippen LogP contribution is -2.17. The second-order valence-corrected chi connectivity index (χ2v) is 7.80. The molecule has 4 rings (SSSR count). The van der Waals surface area contributed by atoms with Gasteiger partial charge in [0.2, 0.25) is 5.95 Å². The summed E-state index contributed by atoms with van der Waals surface area (Å²) < 4.78 is 57.3. The highest BCUT2D eigenvalue weighted by molar-refractivity contribution is 5.98. The third-order valence-corrected chi connectivity index (χ3v) is 5.30. The van der Waals surface area contributed by atoms with E-state index in [0.29, 0.717) is 22.5 Å². The topological polar surface area (TPSA) is 95.4 Å². The van der Waals surface area contributed by atoms with Crippen molar-refractivity contribution in [3.8, 4) is 16.9 Å². The van der Waals surface area contributed by atoms with Gasteiger partial charge in [0.15, 0.2) is 11.4 Å². The van der Waals surface area contributed by atoms with Crippen molar-refractivity contribution in [3.63, 3.8) is 0 Å². The summed E-state index contributed by atoms with van der Waals surface area (Å²) >= 11 is 0. The number of Topliss-reactive ketones (excluding diaryl/α,β-unsaturated/α-hetero) is 1. The summed E-state index contributed by atoms with van der Waals surface area (Å²) in [5, 5.41) is 4.01. The summed E-state index contributed by atoms with van der Waals surface area (Å²) in [6.45, 7) is 3.23. The number of aryl methyl sites for hydroxylation is 1. The normalized spacial score (nSPS) is 12.6. The van der Waals surface area contributed by atoms with Crippen molar-refractivity contribution < 1.29 is 27.1 Å². The van der Waals surface area contributed by atoms with Crippen LogP contribution in [0.15, 0.2) is 48.8 Å². The molecule has 0 aliphatic rings. The Morgan fingerprint density at radius 1 is 1.18 bits per heavy atom. The van der Waals surface area contributed by atoms with Crippen molar-refractivity contribution in [2.24, 2.45) is 0 Å². The van der Waals surface area contributed by atoms with Crippen LogP contribution in [0.5, 0.6) is 5.75 Å². The molecule has 0 fully saturated rings. The highest BCUT2D eigenvalue weighted by Crippen LogP contribution is 2.31. The maximum Gasteiger partial charge on any atom is 0.573 e. The van der Waals surface area contributed by atoms with Crippen molar-refractivity contribution in [1.82, 2.24) is 19.6 Å². The number of carbonyl (C=O) groups is 1. The van der Waals surface area contributed by atoms with Gasteiger partial charge in [0.25, 0.3) is 0 Å². The minimum Gasteiger partial charge on any atom is -0.406 e. The number of fused-ring (bicyclic) bond motifs is 1. The summed E-state index contributed by atoms with van der Waals surface area (Å²) in [6.07, 6.45) is -1.76. The van der Waals surface area contributed by atoms with Gasteiger partial charge in [0.05, 0.1) is 0 Å². The molecule has 1 aromatic carbocycles. The molecule has 0 aliphatic heterocycles. The average Bonchev–Trinajstić information content (AvgIpc) is 3.13. The number of ketones is 1. The number of hydrogen-bond acceptors (Lipinski definition) is 6. The Balaban J connectivity index is 1.59. The van der Waals surface area contributed by atoms with Crippen LogP contribution in [0.1, 0.15) is 40.9 Å². The number of carbonyl (C=O) groups excluding carboxylic acids is 1. The van der Waals surface area contributed by atoms with Crippen molar-refractivity contribution in [1.29, 1.82) is 0 Å². The summed E-state index contributed by atoms with van der Waals surface area (Å²) in [7, 11) is 0. The highest BCUT2D eigenvalue weighted by Gasteiger charge is 2.31. The molecule has 0 spiro atoms. The van der Waals surface area contributed by atoms with Crippen LogP contribution in [-0.4, -0.2) is 31.7 Å². The second kappa shape index (κ2) is 8.73. The van der Waals surface area contributed by atoms with Gasteiger partial charge in [-0.25, -0.2) is 8.91 Å². The van der Waals surface area contributed by atoms with Gasteiger partial charge < -0.3 is 10.5 Å². The van der Waals surface area contributed by atoms with Gasteiger partial charge in [-0.15, -0.1) is 18.3 Å². The number of anilines is 1. The number of rotatable bonds is 6. The quantitative estimate of drug-likeness (QED) is 0.309. The molecule has 0 saturated heterocycles. The predicted octanol–water partition coefficient (Wildman–Crippen LogP) is 5.10. The second-order valence-electron chi connectivity index (χ2n) is 7.80. The largest absolute Gasteiger partial charge is 0.573 e. The Morgan fingerprint density at radius 3 is 2.68 bits per heavy atom. The SMILES string of the molecule is Cc1ncc(-c2ccn3nc(N)nc3c2)cc1C(=O)CC(C)c1cc(OC(F)(F)F)ccc1F. The molecule has 2 N–H and O–H groups in total. The van der Waals surface area contributed by atoms with E-state index < -0.39 is 23.8 Å². The maximum atomic E-state index is 14.3. The predicted molar refractivity (Wildman–Crippen MR) is 116 cm³/mol. The van der Waals surface area contributed by atoms with Gasteiger partial charge in [0.1, 0.15) is 11.6 Å². The maximum absolute atomic E-state index is 14.3. The number of ether oxygens (including phenoxy) is 1. The van der Waals surface area contributed by atoms with E-state index in [4.69, 9.17) is 5.73 Å². The van der Waals surface area contributed by atoms with Crippen molar-refractivity contribution in [2.45, 2.75) is 32.5 Å². The van der Waals surface area contributed by atoms with Crippen molar-refractivity contribution >= 4 is 17.4 Å². The highest BCUT2D eigenvalue weighted by atomic mass is 19.4. The lowest BCUT2D eigenvalue weighted by Gasteiger charge is -2.16. The first-order chi connectivity index (χ1) is 16.0. The Kier molecular flexibility index (Phi) is 5.94. The van der Waals surface area contributed by atoms with Crippen LogP contribution in [0.25, 0.3) is 16.8 Å². The van der Waals surface area contributed by atoms with Gasteiger partial charge in [-0.3, -0.25) is 9.78 Å². The van der Waals surface area contributed by atoms with E-state index >= 15 is 0 Å². The van der Waals surface area contributed by atoms with Gasteiger partial charge in [-0.1, -0.05) is 6.92 Å². The van der Waals surface area contributed by atoms with E-state index in [0.717, 1.165) is 23.8 Å². The number of hydrogen-bond donors (Lipinski definition) is 1. The lowest BCUT2D eigenvalue weighted by atomic mass is 9.91. The summed E-state index contributed by atoms with van der Waals surface area (Å²) in [4.78, 5) is 21.5. The molecule has 176 valence electrons. The first-order valence-corrected chi connectivity index (χ1v) is 10.2. The number of alkyl halides is 3. The number of benzene rings is 1. The van der Waals surface area contributed by atoms with Crippen LogP contribution in [0.2, 0.25) is 0 Å². The van der Waals surface area contributed by atoms with Gasteiger partial charge in [0, 0.05) is 35.6 Å². The van der Waals surface area contributed by atoms with Gasteiger partial charge >= 0.3 is 6.36 Å². The van der Waals surface area contributed by atoms with Gasteiger partial charge in [-0.2, -0.15) is 4.98 Å². The van der Waals surface area contributed by atoms with Crippen LogP contribution >= 0.6 is 0 Å². The van der Waals surface area contributed by atoms with E-state index in [2.05, 4.69) is 19.8 Å². The molecular formula is C23H19F4N5O2. The van der Waals surface area contributed by atoms with E-state index in [-0.39, 0.29) is 23.7 Å². The molecule has 11 heteroatoms. The monoisotopic (exact) mass is 473 g/mol. The lowest BCUT2D eigenvalue weighted by molar-refractivity contribution is -0.274. The third kappa shape index (κ3) is 4.98. The van der Waals surface area contributed by atoms with Gasteiger partial charge in [-0.05, 0) is 60.4 Å². The number of pyridine rings is 2. The zero-order valence-corrected chi connectivity index (χ0v) is 18.1. The summed E-state index contributed by atoms with van der Waals surface area (Å²) in [6, 6.07) is 7.92. The van der Waals surface area contributed by atoms with Crippen molar-refractivity contribution in [2.75, 3.05) is 5.73 Å².